The highest BCUT2D eigenvalue weighted by atomic mass is 79.9. The predicted octanol–water partition coefficient (Wildman–Crippen LogP) is 2.77. The molecule has 2 rings (SSSR count). The fraction of sp³-hybridized carbons (Fsp3) is 0.533. The van der Waals surface area contributed by atoms with Gasteiger partial charge >= 0.3 is 0 Å². The van der Waals surface area contributed by atoms with Gasteiger partial charge in [0.2, 0.25) is 5.91 Å². The minimum Gasteiger partial charge on any atom is -0.349 e. The van der Waals surface area contributed by atoms with E-state index in [1.54, 1.807) is 0 Å². The smallest absolute Gasteiger partial charge is 0.220 e. The average Bonchev–Trinajstić information content (AvgIpc) is 2.87. The summed E-state index contributed by atoms with van der Waals surface area (Å²) in [5, 5.41) is 3.15. The first-order valence-electron chi connectivity index (χ1n) is 6.89. The van der Waals surface area contributed by atoms with Crippen LogP contribution in [0.4, 0.5) is 0 Å². The van der Waals surface area contributed by atoms with Gasteiger partial charge in [0.15, 0.2) is 0 Å². The van der Waals surface area contributed by atoms with Crippen LogP contribution in [0.5, 0.6) is 0 Å². The molecule has 0 unspecified atom stereocenters. The van der Waals surface area contributed by atoms with E-state index in [2.05, 4.69) is 21.2 Å². The van der Waals surface area contributed by atoms with Crippen LogP contribution in [0.2, 0.25) is 0 Å². The molecule has 1 saturated carbocycles. The van der Waals surface area contributed by atoms with Gasteiger partial charge in [0.05, 0.1) is 5.54 Å². The van der Waals surface area contributed by atoms with E-state index in [9.17, 15) is 4.79 Å². The molecule has 0 spiro atoms. The predicted molar refractivity (Wildman–Crippen MR) is 80.9 cm³/mol. The first-order chi connectivity index (χ1) is 9.13. The van der Waals surface area contributed by atoms with Crippen molar-refractivity contribution in [3.05, 3.63) is 34.3 Å². The molecule has 0 saturated heterocycles. The van der Waals surface area contributed by atoms with Crippen LogP contribution in [0.15, 0.2) is 28.7 Å². The van der Waals surface area contributed by atoms with Crippen LogP contribution < -0.4 is 11.1 Å². The Morgan fingerprint density at radius 1 is 1.26 bits per heavy atom. The summed E-state index contributed by atoms with van der Waals surface area (Å²) in [6, 6.07) is 8.11. The molecule has 4 heteroatoms. The van der Waals surface area contributed by atoms with Crippen LogP contribution in [0, 0.1) is 0 Å². The van der Waals surface area contributed by atoms with Gasteiger partial charge in [0.25, 0.3) is 0 Å². The van der Waals surface area contributed by atoms with Crippen molar-refractivity contribution in [1.82, 2.24) is 5.32 Å². The molecule has 0 aromatic heterocycles. The summed E-state index contributed by atoms with van der Waals surface area (Å²) < 4.78 is 1.06. The fourth-order valence-electron chi connectivity index (χ4n) is 2.70. The van der Waals surface area contributed by atoms with Gasteiger partial charge in [-0.15, -0.1) is 0 Å². The largest absolute Gasteiger partial charge is 0.349 e. The van der Waals surface area contributed by atoms with Gasteiger partial charge < -0.3 is 11.1 Å². The van der Waals surface area contributed by atoms with E-state index in [0.29, 0.717) is 13.0 Å². The third-order valence-electron chi connectivity index (χ3n) is 3.91. The Morgan fingerprint density at radius 2 is 1.89 bits per heavy atom. The zero-order chi connectivity index (χ0) is 13.7. The molecule has 0 bridgehead atoms. The molecule has 1 fully saturated rings. The molecule has 1 aromatic rings. The SMILES string of the molecule is NCC1(NC(=O)CCc2ccc(Br)cc2)CCCC1. The van der Waals surface area contributed by atoms with Crippen molar-refractivity contribution in [3.63, 3.8) is 0 Å². The van der Waals surface area contributed by atoms with Crippen molar-refractivity contribution in [2.45, 2.75) is 44.1 Å². The number of rotatable bonds is 5. The van der Waals surface area contributed by atoms with E-state index in [1.165, 1.54) is 18.4 Å². The van der Waals surface area contributed by atoms with E-state index in [-0.39, 0.29) is 11.4 Å². The van der Waals surface area contributed by atoms with Crippen molar-refractivity contribution in [2.24, 2.45) is 5.73 Å². The zero-order valence-corrected chi connectivity index (χ0v) is 12.7. The van der Waals surface area contributed by atoms with Gasteiger partial charge in [-0.25, -0.2) is 0 Å². The standard InChI is InChI=1S/C15H21BrN2O/c16-13-6-3-12(4-7-13)5-8-14(19)18-15(11-17)9-1-2-10-15/h3-4,6-7H,1-2,5,8-11,17H2,(H,18,19). The summed E-state index contributed by atoms with van der Waals surface area (Å²) in [4.78, 5) is 12.0. The number of carbonyl (C=O) groups excluding carboxylic acids is 1. The topological polar surface area (TPSA) is 55.1 Å². The second-order valence-electron chi connectivity index (χ2n) is 5.37. The zero-order valence-electron chi connectivity index (χ0n) is 11.1. The third kappa shape index (κ3) is 4.05. The van der Waals surface area contributed by atoms with E-state index >= 15 is 0 Å². The van der Waals surface area contributed by atoms with Gasteiger partial charge in [0.1, 0.15) is 0 Å². The van der Waals surface area contributed by atoms with Crippen LogP contribution in [0.3, 0.4) is 0 Å². The van der Waals surface area contributed by atoms with E-state index in [0.717, 1.165) is 23.7 Å². The molecule has 1 amide bonds. The fourth-order valence-corrected chi connectivity index (χ4v) is 2.96. The molecule has 0 heterocycles. The second kappa shape index (κ2) is 6.53. The van der Waals surface area contributed by atoms with Gasteiger partial charge in [-0.05, 0) is 37.0 Å². The number of nitrogens with one attached hydrogen (secondary N) is 1. The number of carbonyl (C=O) groups is 1. The highest BCUT2D eigenvalue weighted by Crippen LogP contribution is 2.28. The van der Waals surface area contributed by atoms with E-state index in [1.807, 2.05) is 24.3 Å². The monoisotopic (exact) mass is 324 g/mol. The van der Waals surface area contributed by atoms with Crippen molar-refractivity contribution in [3.8, 4) is 0 Å². The lowest BCUT2D eigenvalue weighted by Crippen LogP contribution is -2.51. The molecule has 1 aliphatic carbocycles. The number of aryl methyl sites for hydroxylation is 1. The number of halogens is 1. The Morgan fingerprint density at radius 3 is 2.47 bits per heavy atom. The summed E-state index contributed by atoms with van der Waals surface area (Å²) in [5.74, 6) is 0.121. The lowest BCUT2D eigenvalue weighted by Gasteiger charge is -2.28. The Balaban J connectivity index is 1.82. The summed E-state index contributed by atoms with van der Waals surface area (Å²) in [7, 11) is 0. The molecular weight excluding hydrogens is 304 g/mol. The van der Waals surface area contributed by atoms with Crippen LogP contribution >= 0.6 is 15.9 Å². The van der Waals surface area contributed by atoms with Crippen LogP contribution in [-0.2, 0) is 11.2 Å². The Hall–Kier alpha value is -0.870. The number of hydrogen-bond acceptors (Lipinski definition) is 2. The normalized spacial score (nSPS) is 17.4. The number of hydrogen-bond donors (Lipinski definition) is 2. The van der Waals surface area contributed by atoms with E-state index < -0.39 is 0 Å². The van der Waals surface area contributed by atoms with E-state index in [4.69, 9.17) is 5.73 Å². The Labute approximate surface area is 123 Å². The number of amides is 1. The molecule has 1 aromatic carbocycles. The van der Waals surface area contributed by atoms with Gasteiger partial charge in [-0.3, -0.25) is 4.79 Å². The van der Waals surface area contributed by atoms with Crippen LogP contribution in [0.1, 0.15) is 37.7 Å². The van der Waals surface area contributed by atoms with Crippen LogP contribution in [-0.4, -0.2) is 18.0 Å². The van der Waals surface area contributed by atoms with Crippen LogP contribution in [0.25, 0.3) is 0 Å². The Bertz CT molecular complexity index is 424. The first kappa shape index (κ1) is 14.5. The highest BCUT2D eigenvalue weighted by molar-refractivity contribution is 9.10. The summed E-state index contributed by atoms with van der Waals surface area (Å²) in [6.07, 6.45) is 5.69. The Kier molecular flexibility index (Phi) is 4.99. The van der Waals surface area contributed by atoms with Gasteiger partial charge in [-0.1, -0.05) is 40.9 Å². The molecule has 104 valence electrons. The molecule has 1 aliphatic rings. The lowest BCUT2D eigenvalue weighted by atomic mass is 9.97. The maximum absolute atomic E-state index is 12.0. The minimum atomic E-state index is -0.128. The van der Waals surface area contributed by atoms with Crippen molar-refractivity contribution < 1.29 is 4.79 Å². The van der Waals surface area contributed by atoms with Crippen molar-refractivity contribution in [1.29, 1.82) is 0 Å². The quantitative estimate of drug-likeness (QED) is 0.875. The molecular formula is C15H21BrN2O. The van der Waals surface area contributed by atoms with Gasteiger partial charge in [0, 0.05) is 17.4 Å². The second-order valence-corrected chi connectivity index (χ2v) is 6.28. The number of benzene rings is 1. The lowest BCUT2D eigenvalue weighted by molar-refractivity contribution is -0.122. The maximum Gasteiger partial charge on any atom is 0.220 e. The average molecular weight is 325 g/mol. The summed E-state index contributed by atoms with van der Waals surface area (Å²) >= 11 is 3.41. The number of nitrogens with two attached hydrogens (primary N) is 1. The van der Waals surface area contributed by atoms with Crippen molar-refractivity contribution >= 4 is 21.8 Å². The summed E-state index contributed by atoms with van der Waals surface area (Å²) in [5.41, 5.74) is 6.88. The molecule has 19 heavy (non-hydrogen) atoms. The minimum absolute atomic E-state index is 0.121. The third-order valence-corrected chi connectivity index (χ3v) is 4.44. The molecule has 3 nitrogen and oxygen atoms in total. The maximum atomic E-state index is 12.0. The summed E-state index contributed by atoms with van der Waals surface area (Å²) in [6.45, 7) is 0.553. The van der Waals surface area contributed by atoms with Gasteiger partial charge in [-0.2, -0.15) is 0 Å². The molecule has 0 radical (unpaired) electrons. The van der Waals surface area contributed by atoms with Crippen molar-refractivity contribution in [2.75, 3.05) is 6.54 Å². The molecule has 0 aliphatic heterocycles. The highest BCUT2D eigenvalue weighted by Gasteiger charge is 2.33. The molecule has 0 atom stereocenters. The molecule has 3 N–H and O–H groups in total. The first-order valence-corrected chi connectivity index (χ1v) is 7.68.